The van der Waals surface area contributed by atoms with Gasteiger partial charge in [-0.1, -0.05) is 31.2 Å². The molecule has 14 heavy (non-hydrogen) atoms. The van der Waals surface area contributed by atoms with Gasteiger partial charge in [0.2, 0.25) is 0 Å². The Morgan fingerprint density at radius 1 is 1.29 bits per heavy atom. The molecule has 1 saturated carbocycles. The van der Waals surface area contributed by atoms with Gasteiger partial charge in [-0.2, -0.15) is 0 Å². The van der Waals surface area contributed by atoms with E-state index < -0.39 is 0 Å². The molecule has 0 aromatic heterocycles. The van der Waals surface area contributed by atoms with E-state index in [1.54, 1.807) is 0 Å². The first-order valence-electron chi connectivity index (χ1n) is 5.58. The van der Waals surface area contributed by atoms with E-state index in [0.29, 0.717) is 0 Å². The summed E-state index contributed by atoms with van der Waals surface area (Å²) in [7, 11) is 2.04. The van der Waals surface area contributed by atoms with Gasteiger partial charge in [-0.3, -0.25) is 0 Å². The van der Waals surface area contributed by atoms with Crippen molar-refractivity contribution in [2.45, 2.75) is 25.7 Å². The highest BCUT2D eigenvalue weighted by Crippen LogP contribution is 2.46. The second-order valence-electron chi connectivity index (χ2n) is 4.26. The van der Waals surface area contributed by atoms with Gasteiger partial charge >= 0.3 is 0 Å². The Bertz CT molecular complexity index is 289. The standard InChI is InChI=1S/C13H19N/c1-3-10-4-6-11(7-5-10)13-8-12(13)9-14-2/h4-7,12-14H,3,8-9H2,1-2H3/t12-,13-/m1/s1. The van der Waals surface area contributed by atoms with Crippen LogP contribution >= 0.6 is 0 Å². The Balaban J connectivity index is 1.98. The predicted octanol–water partition coefficient (Wildman–Crippen LogP) is 2.57. The molecule has 1 aromatic carbocycles. The van der Waals surface area contributed by atoms with Crippen molar-refractivity contribution in [3.05, 3.63) is 35.4 Å². The lowest BCUT2D eigenvalue weighted by molar-refractivity contribution is 0.698. The van der Waals surface area contributed by atoms with Gasteiger partial charge in [0.1, 0.15) is 0 Å². The molecule has 1 aliphatic carbocycles. The van der Waals surface area contributed by atoms with Crippen molar-refractivity contribution in [2.24, 2.45) is 5.92 Å². The number of benzene rings is 1. The fourth-order valence-corrected chi connectivity index (χ4v) is 2.14. The molecule has 1 aromatic rings. The minimum absolute atomic E-state index is 0.827. The van der Waals surface area contributed by atoms with E-state index in [1.807, 2.05) is 7.05 Å². The maximum atomic E-state index is 3.25. The highest BCUT2D eigenvalue weighted by Gasteiger charge is 2.37. The van der Waals surface area contributed by atoms with E-state index in [-0.39, 0.29) is 0 Å². The summed E-state index contributed by atoms with van der Waals surface area (Å²) in [5.41, 5.74) is 2.97. The van der Waals surface area contributed by atoms with Crippen LogP contribution in [0.25, 0.3) is 0 Å². The van der Waals surface area contributed by atoms with E-state index in [1.165, 1.54) is 24.1 Å². The summed E-state index contributed by atoms with van der Waals surface area (Å²) in [5.74, 6) is 1.71. The lowest BCUT2D eigenvalue weighted by Crippen LogP contribution is -2.10. The fourth-order valence-electron chi connectivity index (χ4n) is 2.14. The third-order valence-electron chi connectivity index (χ3n) is 3.21. The molecule has 2 rings (SSSR count). The number of aryl methyl sites for hydroxylation is 1. The molecule has 1 aliphatic rings. The molecule has 0 radical (unpaired) electrons. The minimum Gasteiger partial charge on any atom is -0.319 e. The molecule has 0 spiro atoms. The molecule has 0 saturated heterocycles. The Kier molecular flexibility index (Phi) is 2.87. The quantitative estimate of drug-likeness (QED) is 0.767. The maximum Gasteiger partial charge on any atom is -0.00175 e. The van der Waals surface area contributed by atoms with Gasteiger partial charge in [0.15, 0.2) is 0 Å². The van der Waals surface area contributed by atoms with Crippen LogP contribution < -0.4 is 5.32 Å². The van der Waals surface area contributed by atoms with Gasteiger partial charge in [0, 0.05) is 0 Å². The SMILES string of the molecule is CCc1ccc([C@H]2C[C@@H]2CNC)cc1. The molecular formula is C13H19N. The summed E-state index contributed by atoms with van der Waals surface area (Å²) in [6.07, 6.45) is 2.51. The Morgan fingerprint density at radius 3 is 2.57 bits per heavy atom. The van der Waals surface area contributed by atoms with Crippen LogP contribution in [-0.2, 0) is 6.42 Å². The average molecular weight is 189 g/mol. The average Bonchev–Trinajstić information content (AvgIpc) is 2.98. The molecule has 1 heteroatoms. The molecule has 0 amide bonds. The smallest absolute Gasteiger partial charge is 0.00175 e. The van der Waals surface area contributed by atoms with Crippen molar-refractivity contribution < 1.29 is 0 Å². The van der Waals surface area contributed by atoms with E-state index in [9.17, 15) is 0 Å². The van der Waals surface area contributed by atoms with Gasteiger partial charge in [0.25, 0.3) is 0 Å². The van der Waals surface area contributed by atoms with Crippen LogP contribution in [-0.4, -0.2) is 13.6 Å². The van der Waals surface area contributed by atoms with Crippen LogP contribution in [0.1, 0.15) is 30.4 Å². The molecule has 0 unspecified atom stereocenters. The monoisotopic (exact) mass is 189 g/mol. The molecule has 0 bridgehead atoms. The largest absolute Gasteiger partial charge is 0.319 e. The zero-order chi connectivity index (χ0) is 9.97. The summed E-state index contributed by atoms with van der Waals surface area (Å²) in [5, 5.41) is 3.25. The number of hydrogen-bond acceptors (Lipinski definition) is 1. The van der Waals surface area contributed by atoms with Crippen molar-refractivity contribution in [1.29, 1.82) is 0 Å². The maximum absolute atomic E-state index is 3.25. The van der Waals surface area contributed by atoms with Gasteiger partial charge < -0.3 is 5.32 Å². The van der Waals surface area contributed by atoms with Crippen LogP contribution in [0, 0.1) is 5.92 Å². The summed E-state index contributed by atoms with van der Waals surface area (Å²) >= 11 is 0. The summed E-state index contributed by atoms with van der Waals surface area (Å²) in [6, 6.07) is 9.15. The topological polar surface area (TPSA) is 12.0 Å². The van der Waals surface area contributed by atoms with Crippen molar-refractivity contribution >= 4 is 0 Å². The van der Waals surface area contributed by atoms with Crippen molar-refractivity contribution in [3.63, 3.8) is 0 Å². The van der Waals surface area contributed by atoms with Crippen LogP contribution in [0.3, 0.4) is 0 Å². The molecule has 1 N–H and O–H groups in total. The Hall–Kier alpha value is -0.820. The van der Waals surface area contributed by atoms with Crippen LogP contribution in [0.4, 0.5) is 0 Å². The molecule has 1 fully saturated rings. The first-order valence-corrected chi connectivity index (χ1v) is 5.58. The molecule has 0 aliphatic heterocycles. The normalized spacial score (nSPS) is 25.0. The zero-order valence-electron chi connectivity index (χ0n) is 9.09. The highest BCUT2D eigenvalue weighted by molar-refractivity contribution is 5.29. The number of hydrogen-bond donors (Lipinski definition) is 1. The Labute approximate surface area is 86.5 Å². The van der Waals surface area contributed by atoms with Crippen molar-refractivity contribution in [3.8, 4) is 0 Å². The minimum atomic E-state index is 0.827. The van der Waals surface area contributed by atoms with Crippen LogP contribution in [0.15, 0.2) is 24.3 Å². The van der Waals surface area contributed by atoms with Crippen molar-refractivity contribution in [2.75, 3.05) is 13.6 Å². The first kappa shape index (κ1) is 9.72. The van der Waals surface area contributed by atoms with E-state index >= 15 is 0 Å². The van der Waals surface area contributed by atoms with Gasteiger partial charge in [0.05, 0.1) is 0 Å². The third-order valence-corrected chi connectivity index (χ3v) is 3.21. The van der Waals surface area contributed by atoms with Gasteiger partial charge in [-0.15, -0.1) is 0 Å². The molecule has 0 heterocycles. The summed E-state index contributed by atoms with van der Waals surface area (Å²) < 4.78 is 0. The third kappa shape index (κ3) is 1.98. The number of rotatable bonds is 4. The predicted molar refractivity (Wildman–Crippen MR) is 60.6 cm³/mol. The molecule has 1 nitrogen and oxygen atoms in total. The van der Waals surface area contributed by atoms with E-state index in [4.69, 9.17) is 0 Å². The van der Waals surface area contributed by atoms with E-state index in [2.05, 4.69) is 36.5 Å². The molecular weight excluding hydrogens is 170 g/mol. The zero-order valence-corrected chi connectivity index (χ0v) is 9.09. The van der Waals surface area contributed by atoms with Crippen LogP contribution in [0.2, 0.25) is 0 Å². The second-order valence-corrected chi connectivity index (χ2v) is 4.26. The first-order chi connectivity index (χ1) is 6.85. The van der Waals surface area contributed by atoms with Crippen molar-refractivity contribution in [1.82, 2.24) is 5.32 Å². The summed E-state index contributed by atoms with van der Waals surface area (Å²) in [4.78, 5) is 0. The van der Waals surface area contributed by atoms with Gasteiger partial charge in [-0.05, 0) is 49.4 Å². The lowest BCUT2D eigenvalue weighted by atomic mass is 10.1. The van der Waals surface area contributed by atoms with E-state index in [0.717, 1.165) is 18.3 Å². The fraction of sp³-hybridized carbons (Fsp3) is 0.538. The molecule has 76 valence electrons. The van der Waals surface area contributed by atoms with Crippen LogP contribution in [0.5, 0.6) is 0 Å². The second kappa shape index (κ2) is 4.14. The highest BCUT2D eigenvalue weighted by atomic mass is 14.8. The Morgan fingerprint density at radius 2 is 2.00 bits per heavy atom. The summed E-state index contributed by atoms with van der Waals surface area (Å²) in [6.45, 7) is 3.37. The number of nitrogens with one attached hydrogen (secondary N) is 1. The molecule has 2 atom stereocenters. The van der Waals surface area contributed by atoms with Gasteiger partial charge in [-0.25, -0.2) is 0 Å². The lowest BCUT2D eigenvalue weighted by Gasteiger charge is -2.02.